The van der Waals surface area contributed by atoms with Crippen LogP contribution < -0.4 is 0 Å². The highest BCUT2D eigenvalue weighted by molar-refractivity contribution is 5.23. The van der Waals surface area contributed by atoms with E-state index in [-0.39, 0.29) is 5.56 Å². The Balaban J connectivity index is 1.48. The van der Waals surface area contributed by atoms with Crippen LogP contribution in [0.3, 0.4) is 0 Å². The van der Waals surface area contributed by atoms with E-state index in [0.717, 1.165) is 32.0 Å². The molecule has 0 fully saturated rings. The summed E-state index contributed by atoms with van der Waals surface area (Å²) in [5.41, 5.74) is 2.93. The molecular formula is C21H23F2NO. The predicted molar refractivity (Wildman–Crippen MR) is 95.2 cm³/mol. The minimum atomic E-state index is -0.907. The van der Waals surface area contributed by atoms with Crippen molar-refractivity contribution >= 4 is 0 Å². The standard InChI is InChI=1S/C21H23F2NO/c22-18-6-7-19(20(23)15-18)21(25)10-13-24-11-8-17(9-12-24)14-16-4-2-1-3-5-16/h1-8,15,21,25H,9-14H2. The zero-order chi connectivity index (χ0) is 17.6. The first-order chi connectivity index (χ1) is 12.1. The summed E-state index contributed by atoms with van der Waals surface area (Å²) in [5.74, 6) is -1.31. The van der Waals surface area contributed by atoms with Crippen molar-refractivity contribution in [1.82, 2.24) is 4.90 Å². The summed E-state index contributed by atoms with van der Waals surface area (Å²) in [6, 6.07) is 13.7. The van der Waals surface area contributed by atoms with Crippen LogP contribution in [0.2, 0.25) is 0 Å². The van der Waals surface area contributed by atoms with Gasteiger partial charge in [-0.2, -0.15) is 0 Å². The van der Waals surface area contributed by atoms with Gasteiger partial charge in [0.2, 0.25) is 0 Å². The molecule has 3 rings (SSSR count). The lowest BCUT2D eigenvalue weighted by molar-refractivity contribution is 0.140. The van der Waals surface area contributed by atoms with Crippen LogP contribution in [0.25, 0.3) is 0 Å². The lowest BCUT2D eigenvalue weighted by Gasteiger charge is -2.27. The molecule has 0 aliphatic carbocycles. The van der Waals surface area contributed by atoms with Gasteiger partial charge < -0.3 is 5.11 Å². The SMILES string of the molecule is OC(CCN1CC=C(Cc2ccccc2)CC1)c1ccc(F)cc1F. The van der Waals surface area contributed by atoms with Gasteiger partial charge >= 0.3 is 0 Å². The molecule has 0 amide bonds. The summed E-state index contributed by atoms with van der Waals surface area (Å²) in [6.07, 6.45) is 3.77. The fourth-order valence-corrected chi connectivity index (χ4v) is 3.21. The zero-order valence-corrected chi connectivity index (χ0v) is 14.2. The molecule has 25 heavy (non-hydrogen) atoms. The predicted octanol–water partition coefficient (Wildman–Crippen LogP) is 4.26. The van der Waals surface area contributed by atoms with Crippen molar-refractivity contribution in [2.24, 2.45) is 0 Å². The second-order valence-corrected chi connectivity index (χ2v) is 6.55. The second kappa shape index (κ2) is 8.37. The Labute approximate surface area is 147 Å². The summed E-state index contributed by atoms with van der Waals surface area (Å²) in [7, 11) is 0. The van der Waals surface area contributed by atoms with Crippen molar-refractivity contribution in [3.05, 3.63) is 82.9 Å². The first-order valence-electron chi connectivity index (χ1n) is 8.69. The van der Waals surface area contributed by atoms with Gasteiger partial charge in [0.1, 0.15) is 11.6 Å². The van der Waals surface area contributed by atoms with Crippen molar-refractivity contribution in [2.45, 2.75) is 25.4 Å². The van der Waals surface area contributed by atoms with E-state index >= 15 is 0 Å². The van der Waals surface area contributed by atoms with Gasteiger partial charge in [-0.15, -0.1) is 0 Å². The van der Waals surface area contributed by atoms with E-state index in [0.29, 0.717) is 13.0 Å². The minimum absolute atomic E-state index is 0.165. The zero-order valence-electron chi connectivity index (χ0n) is 14.2. The molecule has 2 aromatic carbocycles. The lowest BCUT2D eigenvalue weighted by Crippen LogP contribution is -2.31. The van der Waals surface area contributed by atoms with Crippen LogP contribution in [0.5, 0.6) is 0 Å². The summed E-state index contributed by atoms with van der Waals surface area (Å²) < 4.78 is 26.6. The average molecular weight is 343 g/mol. The minimum Gasteiger partial charge on any atom is -0.388 e. The number of hydrogen-bond acceptors (Lipinski definition) is 2. The lowest BCUT2D eigenvalue weighted by atomic mass is 9.99. The van der Waals surface area contributed by atoms with Gasteiger partial charge in [-0.05, 0) is 30.9 Å². The van der Waals surface area contributed by atoms with Crippen molar-refractivity contribution in [2.75, 3.05) is 19.6 Å². The van der Waals surface area contributed by atoms with E-state index in [1.165, 1.54) is 23.3 Å². The molecule has 0 saturated carbocycles. The number of rotatable bonds is 6. The Kier molecular flexibility index (Phi) is 5.95. The molecule has 0 spiro atoms. The van der Waals surface area contributed by atoms with Crippen LogP contribution in [0.15, 0.2) is 60.2 Å². The largest absolute Gasteiger partial charge is 0.388 e. The fraction of sp³-hybridized carbons (Fsp3) is 0.333. The Bertz CT molecular complexity index is 730. The highest BCUT2D eigenvalue weighted by Gasteiger charge is 2.17. The molecule has 132 valence electrons. The van der Waals surface area contributed by atoms with E-state index in [1.54, 1.807) is 0 Å². The molecule has 1 atom stereocenters. The normalized spacial score (nSPS) is 16.5. The Morgan fingerprint density at radius 1 is 1.08 bits per heavy atom. The van der Waals surface area contributed by atoms with Crippen LogP contribution >= 0.6 is 0 Å². The van der Waals surface area contributed by atoms with Crippen molar-refractivity contribution < 1.29 is 13.9 Å². The summed E-state index contributed by atoms with van der Waals surface area (Å²) in [6.45, 7) is 2.48. The first-order valence-corrected chi connectivity index (χ1v) is 8.69. The van der Waals surface area contributed by atoms with Crippen LogP contribution in [-0.4, -0.2) is 29.6 Å². The molecule has 1 N–H and O–H groups in total. The maximum absolute atomic E-state index is 13.7. The molecule has 0 radical (unpaired) electrons. The van der Waals surface area contributed by atoms with Crippen LogP contribution in [0.1, 0.15) is 30.1 Å². The van der Waals surface area contributed by atoms with Gasteiger partial charge in [-0.1, -0.05) is 48.0 Å². The van der Waals surface area contributed by atoms with E-state index in [1.807, 2.05) is 6.07 Å². The van der Waals surface area contributed by atoms with E-state index < -0.39 is 17.7 Å². The summed E-state index contributed by atoms with van der Waals surface area (Å²) in [5, 5.41) is 10.2. The smallest absolute Gasteiger partial charge is 0.131 e. The fourth-order valence-electron chi connectivity index (χ4n) is 3.21. The van der Waals surface area contributed by atoms with E-state index in [2.05, 4.69) is 35.2 Å². The number of aliphatic hydroxyl groups excluding tert-OH is 1. The molecule has 1 aliphatic heterocycles. The van der Waals surface area contributed by atoms with Crippen molar-refractivity contribution in [3.63, 3.8) is 0 Å². The summed E-state index contributed by atoms with van der Waals surface area (Å²) >= 11 is 0. The van der Waals surface area contributed by atoms with E-state index in [4.69, 9.17) is 0 Å². The van der Waals surface area contributed by atoms with Gasteiger partial charge in [0.05, 0.1) is 6.10 Å². The second-order valence-electron chi connectivity index (χ2n) is 6.55. The van der Waals surface area contributed by atoms with Crippen LogP contribution in [0, 0.1) is 11.6 Å². The molecule has 2 nitrogen and oxygen atoms in total. The van der Waals surface area contributed by atoms with Gasteiger partial charge in [-0.3, -0.25) is 4.90 Å². The molecule has 0 bridgehead atoms. The number of halogens is 2. The Morgan fingerprint density at radius 2 is 1.88 bits per heavy atom. The van der Waals surface area contributed by atoms with Crippen molar-refractivity contribution in [1.29, 1.82) is 0 Å². The van der Waals surface area contributed by atoms with Gasteiger partial charge in [0.25, 0.3) is 0 Å². The Hall–Kier alpha value is -2.04. The summed E-state index contributed by atoms with van der Waals surface area (Å²) in [4.78, 5) is 2.25. The third kappa shape index (κ3) is 4.97. The van der Waals surface area contributed by atoms with Crippen molar-refractivity contribution in [3.8, 4) is 0 Å². The number of benzene rings is 2. The number of nitrogens with zero attached hydrogens (tertiary/aromatic N) is 1. The molecule has 1 heterocycles. The molecule has 4 heteroatoms. The third-order valence-corrected chi connectivity index (χ3v) is 4.70. The quantitative estimate of drug-likeness (QED) is 0.792. The maximum atomic E-state index is 13.7. The van der Waals surface area contributed by atoms with Crippen LogP contribution in [0.4, 0.5) is 8.78 Å². The highest BCUT2D eigenvalue weighted by Crippen LogP contribution is 2.22. The molecule has 1 unspecified atom stereocenters. The molecule has 1 aliphatic rings. The Morgan fingerprint density at radius 3 is 2.56 bits per heavy atom. The molecular weight excluding hydrogens is 320 g/mol. The molecule has 0 saturated heterocycles. The topological polar surface area (TPSA) is 23.5 Å². The highest BCUT2D eigenvalue weighted by atomic mass is 19.1. The monoisotopic (exact) mass is 343 g/mol. The van der Waals surface area contributed by atoms with Gasteiger partial charge in [0.15, 0.2) is 0 Å². The number of hydrogen-bond donors (Lipinski definition) is 1. The first kappa shape index (κ1) is 17.8. The van der Waals surface area contributed by atoms with Gasteiger partial charge in [-0.25, -0.2) is 8.78 Å². The van der Waals surface area contributed by atoms with Crippen LogP contribution in [-0.2, 0) is 6.42 Å². The molecule has 0 aromatic heterocycles. The maximum Gasteiger partial charge on any atom is 0.131 e. The van der Waals surface area contributed by atoms with E-state index in [9.17, 15) is 13.9 Å². The molecule has 2 aromatic rings. The average Bonchev–Trinajstić information content (AvgIpc) is 2.62. The van der Waals surface area contributed by atoms with Gasteiger partial charge in [0, 0.05) is 31.3 Å². The third-order valence-electron chi connectivity index (χ3n) is 4.70. The number of aliphatic hydroxyl groups is 1.